The Morgan fingerprint density at radius 3 is 1.73 bits per heavy atom. The molecule has 8 aromatic rings. The van der Waals surface area contributed by atoms with E-state index in [1.54, 1.807) is 0 Å². The molecule has 0 aromatic heterocycles. The van der Waals surface area contributed by atoms with Crippen LogP contribution >= 0.6 is 0 Å². The molecule has 0 aliphatic heterocycles. The van der Waals surface area contributed by atoms with Crippen molar-refractivity contribution in [2.75, 3.05) is 4.90 Å². The van der Waals surface area contributed by atoms with Gasteiger partial charge in [-0.15, -0.1) is 0 Å². The minimum absolute atomic E-state index is 0.125. The van der Waals surface area contributed by atoms with Crippen LogP contribution in [0.2, 0.25) is 0 Å². The zero-order valence-electron chi connectivity index (χ0n) is 34.9. The topological polar surface area (TPSA) is 3.24 Å². The van der Waals surface area contributed by atoms with Gasteiger partial charge in [0.15, 0.2) is 0 Å². The fourth-order valence-electron chi connectivity index (χ4n) is 11.3. The van der Waals surface area contributed by atoms with Crippen LogP contribution in [0.15, 0.2) is 188 Å². The number of nitrogens with zero attached hydrogens (tertiary/aromatic N) is 1. The third-order valence-electron chi connectivity index (χ3n) is 14.4. The molecule has 11 rings (SSSR count). The van der Waals surface area contributed by atoms with E-state index in [-0.39, 0.29) is 5.41 Å². The number of rotatable bonds is 8. The van der Waals surface area contributed by atoms with Crippen LogP contribution in [-0.2, 0) is 5.41 Å². The monoisotopic (exact) mass is 773 g/mol. The summed E-state index contributed by atoms with van der Waals surface area (Å²) in [5.74, 6) is 2.59. The van der Waals surface area contributed by atoms with Gasteiger partial charge in [0, 0.05) is 22.4 Å². The second kappa shape index (κ2) is 14.7. The second-order valence-electron chi connectivity index (χ2n) is 18.1. The van der Waals surface area contributed by atoms with Gasteiger partial charge in [-0.05, 0) is 147 Å². The Bertz CT molecular complexity index is 2860. The summed E-state index contributed by atoms with van der Waals surface area (Å²) >= 11 is 0. The van der Waals surface area contributed by atoms with Crippen molar-refractivity contribution in [1.82, 2.24) is 0 Å². The molecule has 3 atom stereocenters. The molecular formula is C59H51N. The van der Waals surface area contributed by atoms with Gasteiger partial charge in [0.1, 0.15) is 0 Å². The zero-order valence-corrected chi connectivity index (χ0v) is 34.9. The third-order valence-corrected chi connectivity index (χ3v) is 14.4. The number of anilines is 3. The number of para-hydroxylation sites is 1. The SMILES string of the molecule is Cc1cccc2c1-c1ccc(N(c3ccc(-c4ccc(C5CC6CCC5C6)cc4)cc3)c3ccccc3-c3ccccc3-c3ccccc3-c3ccccc3)cc1C2(C)C. The van der Waals surface area contributed by atoms with Crippen molar-refractivity contribution < 1.29 is 0 Å². The van der Waals surface area contributed by atoms with Crippen LogP contribution in [0.25, 0.3) is 55.6 Å². The van der Waals surface area contributed by atoms with Gasteiger partial charge < -0.3 is 4.90 Å². The van der Waals surface area contributed by atoms with Gasteiger partial charge in [-0.3, -0.25) is 0 Å². The Kier molecular flexibility index (Phi) is 8.96. The molecule has 3 aliphatic carbocycles. The predicted molar refractivity (Wildman–Crippen MR) is 253 cm³/mol. The molecule has 292 valence electrons. The molecule has 0 radical (unpaired) electrons. The average Bonchev–Trinajstić information content (AvgIpc) is 4.00. The van der Waals surface area contributed by atoms with Crippen molar-refractivity contribution in [2.24, 2.45) is 11.8 Å². The maximum absolute atomic E-state index is 2.49. The van der Waals surface area contributed by atoms with Gasteiger partial charge in [0.05, 0.1) is 5.69 Å². The first-order chi connectivity index (χ1) is 29.4. The van der Waals surface area contributed by atoms with Crippen LogP contribution in [0, 0.1) is 18.8 Å². The fraction of sp³-hybridized carbons (Fsp3) is 0.186. The highest BCUT2D eigenvalue weighted by Gasteiger charge is 2.40. The van der Waals surface area contributed by atoms with Gasteiger partial charge in [-0.1, -0.05) is 178 Å². The Labute approximate surface area is 356 Å². The molecule has 60 heavy (non-hydrogen) atoms. The van der Waals surface area contributed by atoms with E-state index >= 15 is 0 Å². The molecule has 3 unspecified atom stereocenters. The van der Waals surface area contributed by atoms with Crippen LogP contribution in [0.3, 0.4) is 0 Å². The number of fused-ring (bicyclic) bond motifs is 5. The Hall–Kier alpha value is -6.44. The summed E-state index contributed by atoms with van der Waals surface area (Å²) in [6.45, 7) is 7.02. The van der Waals surface area contributed by atoms with E-state index < -0.39 is 0 Å². The molecule has 2 saturated carbocycles. The standard InChI is InChI=1S/C59H51N/c1-39-14-13-22-55-58(39)53-35-34-47(38-56(53)59(55,2)3)60(46-32-30-42(31-33-46)41-26-28-44(29-27-41)54-37-40-24-25-45(54)36-40)57-23-12-11-21-52(57)51-20-10-9-19-50(51)49-18-8-7-17-48(49)43-15-5-4-6-16-43/h4-23,26-35,38,40,45,54H,24-25,36-37H2,1-3H3. The first-order valence-electron chi connectivity index (χ1n) is 22.0. The van der Waals surface area contributed by atoms with Crippen LogP contribution in [-0.4, -0.2) is 0 Å². The minimum Gasteiger partial charge on any atom is -0.310 e. The lowest BCUT2D eigenvalue weighted by molar-refractivity contribution is 0.420. The summed E-state index contributed by atoms with van der Waals surface area (Å²) in [6.07, 6.45) is 5.68. The summed E-state index contributed by atoms with van der Waals surface area (Å²) in [5.41, 5.74) is 21.5. The molecule has 0 amide bonds. The summed E-state index contributed by atoms with van der Waals surface area (Å²) in [6, 6.07) is 70.3. The normalized spacial score (nSPS) is 18.3. The summed E-state index contributed by atoms with van der Waals surface area (Å²) in [7, 11) is 0. The fourth-order valence-corrected chi connectivity index (χ4v) is 11.3. The van der Waals surface area contributed by atoms with Crippen molar-refractivity contribution in [3.8, 4) is 55.6 Å². The average molecular weight is 774 g/mol. The van der Waals surface area contributed by atoms with E-state index in [1.807, 2.05) is 0 Å². The Morgan fingerprint density at radius 1 is 0.450 bits per heavy atom. The quantitative estimate of drug-likeness (QED) is 0.149. The third kappa shape index (κ3) is 6.14. The molecule has 0 spiro atoms. The van der Waals surface area contributed by atoms with E-state index in [0.717, 1.165) is 34.8 Å². The highest BCUT2D eigenvalue weighted by Crippen LogP contribution is 2.54. The Morgan fingerprint density at radius 2 is 1.05 bits per heavy atom. The van der Waals surface area contributed by atoms with E-state index in [0.29, 0.717) is 0 Å². The zero-order chi connectivity index (χ0) is 40.4. The van der Waals surface area contributed by atoms with E-state index in [9.17, 15) is 0 Å². The van der Waals surface area contributed by atoms with Crippen LogP contribution < -0.4 is 4.90 Å². The molecule has 8 aromatic carbocycles. The maximum Gasteiger partial charge on any atom is 0.0540 e. The Balaban J connectivity index is 1.04. The molecule has 2 bridgehead atoms. The number of aryl methyl sites for hydroxylation is 1. The molecule has 1 heteroatoms. The lowest BCUT2D eigenvalue weighted by Crippen LogP contribution is -2.17. The molecular weight excluding hydrogens is 723 g/mol. The van der Waals surface area contributed by atoms with Gasteiger partial charge in [0.2, 0.25) is 0 Å². The highest BCUT2D eigenvalue weighted by molar-refractivity contribution is 5.97. The van der Waals surface area contributed by atoms with Crippen molar-refractivity contribution in [1.29, 1.82) is 0 Å². The second-order valence-corrected chi connectivity index (χ2v) is 18.1. The van der Waals surface area contributed by atoms with E-state index in [4.69, 9.17) is 0 Å². The van der Waals surface area contributed by atoms with Crippen molar-refractivity contribution in [2.45, 2.75) is 57.8 Å². The highest BCUT2D eigenvalue weighted by atomic mass is 15.1. The molecule has 1 nitrogen and oxygen atoms in total. The maximum atomic E-state index is 2.49. The summed E-state index contributed by atoms with van der Waals surface area (Å²) in [5, 5.41) is 0. The van der Waals surface area contributed by atoms with Crippen LogP contribution in [0.1, 0.15) is 67.7 Å². The van der Waals surface area contributed by atoms with E-state index in [1.165, 1.54) is 104 Å². The van der Waals surface area contributed by atoms with Crippen molar-refractivity contribution in [3.05, 3.63) is 210 Å². The first-order valence-corrected chi connectivity index (χ1v) is 22.0. The minimum atomic E-state index is -0.125. The number of hydrogen-bond donors (Lipinski definition) is 0. The van der Waals surface area contributed by atoms with Gasteiger partial charge in [-0.2, -0.15) is 0 Å². The number of benzene rings is 8. The van der Waals surface area contributed by atoms with Crippen molar-refractivity contribution >= 4 is 17.1 Å². The first kappa shape index (κ1) is 36.6. The smallest absolute Gasteiger partial charge is 0.0540 e. The molecule has 3 aliphatic rings. The summed E-state index contributed by atoms with van der Waals surface area (Å²) < 4.78 is 0. The molecule has 0 N–H and O–H groups in total. The molecule has 2 fully saturated rings. The van der Waals surface area contributed by atoms with Crippen molar-refractivity contribution in [3.63, 3.8) is 0 Å². The lowest BCUT2D eigenvalue weighted by Gasteiger charge is -2.30. The summed E-state index contributed by atoms with van der Waals surface area (Å²) in [4.78, 5) is 2.49. The molecule has 0 saturated heterocycles. The van der Waals surface area contributed by atoms with Gasteiger partial charge in [0.25, 0.3) is 0 Å². The predicted octanol–water partition coefficient (Wildman–Crippen LogP) is 16.3. The largest absolute Gasteiger partial charge is 0.310 e. The van der Waals surface area contributed by atoms with Crippen LogP contribution in [0.4, 0.5) is 17.1 Å². The van der Waals surface area contributed by atoms with E-state index in [2.05, 4.69) is 214 Å². The number of hydrogen-bond acceptors (Lipinski definition) is 1. The van der Waals surface area contributed by atoms with Gasteiger partial charge >= 0.3 is 0 Å². The van der Waals surface area contributed by atoms with Gasteiger partial charge in [-0.25, -0.2) is 0 Å². The lowest BCUT2D eigenvalue weighted by atomic mass is 9.82. The van der Waals surface area contributed by atoms with Crippen LogP contribution in [0.5, 0.6) is 0 Å². The molecule has 0 heterocycles.